The lowest BCUT2D eigenvalue weighted by atomic mass is 9.85. The van der Waals surface area contributed by atoms with Crippen LogP contribution in [0, 0.1) is 16.7 Å². The van der Waals surface area contributed by atoms with E-state index in [1.165, 1.54) is 6.92 Å². The van der Waals surface area contributed by atoms with E-state index in [0.29, 0.717) is 0 Å². The summed E-state index contributed by atoms with van der Waals surface area (Å²) in [6, 6.07) is 0. The zero-order valence-electron chi connectivity index (χ0n) is 12.6. The van der Waals surface area contributed by atoms with Gasteiger partial charge in [0.25, 0.3) is 0 Å². The monoisotopic (exact) mass is 282 g/mol. The fourth-order valence-electron chi connectivity index (χ4n) is 1.94. The van der Waals surface area contributed by atoms with Crippen LogP contribution in [-0.2, 0) is 9.53 Å². The van der Waals surface area contributed by atoms with E-state index in [0.717, 1.165) is 13.3 Å². The molecule has 0 amide bonds. The second kappa shape index (κ2) is 6.14. The molecule has 5 heteroatoms. The van der Waals surface area contributed by atoms with Crippen molar-refractivity contribution in [1.82, 2.24) is 0 Å². The first kappa shape index (κ1) is 18.3. The van der Waals surface area contributed by atoms with Gasteiger partial charge < -0.3 is 4.74 Å². The van der Waals surface area contributed by atoms with Gasteiger partial charge in [-0.2, -0.15) is 13.2 Å². The number of carbonyl (C=O) groups is 1. The average Bonchev–Trinajstić information content (AvgIpc) is 2.20. The standard InChI is InChI=1S/C14H25F3O2/c1-7-13(6,14(15,16)17)11(18)19-9-10(2)8-12(3,4)5/h10H,7-9H2,1-6H3. The van der Waals surface area contributed by atoms with E-state index in [4.69, 9.17) is 4.74 Å². The lowest BCUT2D eigenvalue weighted by molar-refractivity contribution is -0.231. The molecule has 0 aromatic carbocycles. The lowest BCUT2D eigenvalue weighted by Gasteiger charge is -2.29. The molecule has 0 radical (unpaired) electrons. The van der Waals surface area contributed by atoms with Crippen LogP contribution in [0.2, 0.25) is 0 Å². The number of hydrogen-bond acceptors (Lipinski definition) is 2. The molecule has 0 bridgehead atoms. The summed E-state index contributed by atoms with van der Waals surface area (Å²) in [5.41, 5.74) is -2.35. The predicted molar refractivity (Wildman–Crippen MR) is 68.6 cm³/mol. The van der Waals surface area contributed by atoms with Crippen LogP contribution in [-0.4, -0.2) is 18.8 Å². The first-order chi connectivity index (χ1) is 8.33. The van der Waals surface area contributed by atoms with Gasteiger partial charge in [0, 0.05) is 0 Å². The van der Waals surface area contributed by atoms with Crippen molar-refractivity contribution in [2.24, 2.45) is 16.7 Å². The quantitative estimate of drug-likeness (QED) is 0.690. The molecule has 0 aliphatic carbocycles. The van der Waals surface area contributed by atoms with Crippen LogP contribution in [0.4, 0.5) is 13.2 Å². The van der Waals surface area contributed by atoms with Gasteiger partial charge in [-0.15, -0.1) is 0 Å². The Hall–Kier alpha value is -0.740. The highest BCUT2D eigenvalue weighted by atomic mass is 19.4. The van der Waals surface area contributed by atoms with Gasteiger partial charge in [-0.05, 0) is 31.1 Å². The Balaban J connectivity index is 4.54. The first-order valence-corrected chi connectivity index (χ1v) is 6.57. The molecule has 0 aliphatic heterocycles. The topological polar surface area (TPSA) is 26.3 Å². The Morgan fingerprint density at radius 2 is 1.63 bits per heavy atom. The summed E-state index contributed by atoms with van der Waals surface area (Å²) < 4.78 is 43.4. The molecule has 0 rings (SSSR count). The predicted octanol–water partition coefficient (Wildman–Crippen LogP) is 4.58. The minimum atomic E-state index is -4.58. The molecule has 0 aromatic heterocycles. The number of rotatable bonds is 5. The maximum Gasteiger partial charge on any atom is 0.404 e. The van der Waals surface area contributed by atoms with Crippen molar-refractivity contribution in [3.05, 3.63) is 0 Å². The van der Waals surface area contributed by atoms with Gasteiger partial charge in [0.05, 0.1) is 6.61 Å². The molecule has 2 nitrogen and oxygen atoms in total. The number of hydrogen-bond donors (Lipinski definition) is 0. The van der Waals surface area contributed by atoms with Crippen LogP contribution in [0.25, 0.3) is 0 Å². The van der Waals surface area contributed by atoms with Crippen LogP contribution in [0.5, 0.6) is 0 Å². The highest BCUT2D eigenvalue weighted by Crippen LogP contribution is 2.41. The molecule has 0 N–H and O–H groups in total. The summed E-state index contributed by atoms with van der Waals surface area (Å²) in [4.78, 5) is 11.7. The number of esters is 1. The van der Waals surface area contributed by atoms with Gasteiger partial charge in [0.2, 0.25) is 0 Å². The molecule has 2 unspecified atom stereocenters. The largest absolute Gasteiger partial charge is 0.465 e. The van der Waals surface area contributed by atoms with Crippen LogP contribution in [0.3, 0.4) is 0 Å². The Morgan fingerprint density at radius 1 is 1.16 bits per heavy atom. The van der Waals surface area contributed by atoms with Crippen LogP contribution in [0.15, 0.2) is 0 Å². The zero-order valence-corrected chi connectivity index (χ0v) is 12.6. The summed E-state index contributed by atoms with van der Waals surface area (Å²) in [5, 5.41) is 0. The third-order valence-corrected chi connectivity index (χ3v) is 3.24. The van der Waals surface area contributed by atoms with Gasteiger partial charge in [-0.3, -0.25) is 4.79 Å². The normalized spacial score (nSPS) is 17.7. The van der Waals surface area contributed by atoms with Crippen LogP contribution >= 0.6 is 0 Å². The van der Waals surface area contributed by atoms with E-state index in [1.54, 1.807) is 0 Å². The van der Waals surface area contributed by atoms with Gasteiger partial charge in [0.15, 0.2) is 5.41 Å². The Bertz CT molecular complexity index is 305. The molecule has 0 spiro atoms. The molecule has 0 saturated carbocycles. The number of ether oxygens (including phenoxy) is 1. The Labute approximate surface area is 113 Å². The Kier molecular flexibility index (Phi) is 5.90. The summed E-state index contributed by atoms with van der Waals surface area (Å²) in [5.74, 6) is -1.14. The molecule has 0 saturated heterocycles. The maximum absolute atomic E-state index is 12.8. The van der Waals surface area contributed by atoms with Crippen molar-refractivity contribution in [3.8, 4) is 0 Å². The molecule has 19 heavy (non-hydrogen) atoms. The van der Waals surface area contributed by atoms with Crippen molar-refractivity contribution >= 4 is 5.97 Å². The number of alkyl halides is 3. The average molecular weight is 282 g/mol. The summed E-state index contributed by atoms with van der Waals surface area (Å²) in [6.45, 7) is 10.2. The van der Waals surface area contributed by atoms with E-state index in [9.17, 15) is 18.0 Å². The highest BCUT2D eigenvalue weighted by molar-refractivity contribution is 5.77. The number of carbonyl (C=O) groups excluding carboxylic acids is 1. The maximum atomic E-state index is 12.8. The summed E-state index contributed by atoms with van der Waals surface area (Å²) >= 11 is 0. The molecular weight excluding hydrogens is 257 g/mol. The van der Waals surface area contributed by atoms with E-state index >= 15 is 0 Å². The van der Waals surface area contributed by atoms with E-state index < -0.39 is 17.6 Å². The Morgan fingerprint density at radius 3 is 1.95 bits per heavy atom. The van der Waals surface area contributed by atoms with Crippen molar-refractivity contribution < 1.29 is 22.7 Å². The van der Waals surface area contributed by atoms with Gasteiger partial charge >= 0.3 is 12.1 Å². The van der Waals surface area contributed by atoms with Crippen molar-refractivity contribution in [3.63, 3.8) is 0 Å². The van der Waals surface area contributed by atoms with Crippen molar-refractivity contribution in [1.29, 1.82) is 0 Å². The molecule has 0 aliphatic rings. The van der Waals surface area contributed by atoms with Crippen LogP contribution in [0.1, 0.15) is 54.4 Å². The van der Waals surface area contributed by atoms with Gasteiger partial charge in [-0.1, -0.05) is 34.6 Å². The molecule has 0 heterocycles. The fraction of sp³-hybridized carbons (Fsp3) is 0.929. The third-order valence-electron chi connectivity index (χ3n) is 3.24. The molecule has 0 aromatic rings. The van der Waals surface area contributed by atoms with Crippen LogP contribution < -0.4 is 0 Å². The fourth-order valence-corrected chi connectivity index (χ4v) is 1.94. The van der Waals surface area contributed by atoms with E-state index in [2.05, 4.69) is 0 Å². The van der Waals surface area contributed by atoms with E-state index in [-0.39, 0.29) is 24.4 Å². The van der Waals surface area contributed by atoms with Crippen molar-refractivity contribution in [2.75, 3.05) is 6.61 Å². The SMILES string of the molecule is CCC(C)(C(=O)OCC(C)CC(C)(C)C)C(F)(F)F. The second-order valence-electron chi connectivity index (χ2n) is 6.65. The first-order valence-electron chi connectivity index (χ1n) is 6.57. The molecule has 2 atom stereocenters. The second-order valence-corrected chi connectivity index (χ2v) is 6.65. The summed E-state index contributed by atoms with van der Waals surface area (Å²) in [6.07, 6.45) is -4.11. The number of halogens is 3. The summed E-state index contributed by atoms with van der Waals surface area (Å²) in [7, 11) is 0. The molecule has 114 valence electrons. The third kappa shape index (κ3) is 5.41. The van der Waals surface area contributed by atoms with E-state index in [1.807, 2.05) is 27.7 Å². The van der Waals surface area contributed by atoms with Gasteiger partial charge in [0.1, 0.15) is 0 Å². The molecule has 0 fully saturated rings. The minimum absolute atomic E-state index is 0.0295. The zero-order chi connectivity index (χ0) is 15.5. The minimum Gasteiger partial charge on any atom is -0.465 e. The molecular formula is C14H25F3O2. The smallest absolute Gasteiger partial charge is 0.404 e. The lowest BCUT2D eigenvalue weighted by Crippen LogP contribution is -2.43. The highest BCUT2D eigenvalue weighted by Gasteiger charge is 2.56. The van der Waals surface area contributed by atoms with Gasteiger partial charge in [-0.25, -0.2) is 0 Å². The van der Waals surface area contributed by atoms with Crippen molar-refractivity contribution in [2.45, 2.75) is 60.6 Å².